The summed E-state index contributed by atoms with van der Waals surface area (Å²) in [5, 5.41) is 2.67. The Bertz CT molecular complexity index is 973. The molecule has 0 saturated heterocycles. The highest BCUT2D eigenvalue weighted by Crippen LogP contribution is 2.28. The number of nitrogens with one attached hydrogen (secondary N) is 1. The summed E-state index contributed by atoms with van der Waals surface area (Å²) < 4.78 is 23.9. The zero-order valence-electron chi connectivity index (χ0n) is 14.7. The Morgan fingerprint density at radius 3 is 2.78 bits per heavy atom. The number of hydrogen-bond acceptors (Lipinski definition) is 8. The molecule has 3 aromatic rings. The number of hydrogen-bond donors (Lipinski definition) is 1. The first-order chi connectivity index (χ1) is 13.1. The molecule has 1 N–H and O–H groups in total. The molecule has 8 nitrogen and oxygen atoms in total. The van der Waals surface area contributed by atoms with Crippen molar-refractivity contribution in [2.75, 3.05) is 25.6 Å². The van der Waals surface area contributed by atoms with Gasteiger partial charge in [-0.15, -0.1) is 0 Å². The van der Waals surface area contributed by atoms with E-state index in [-0.39, 0.29) is 5.56 Å². The molecule has 1 heterocycles. The topological polar surface area (TPSA) is 99.6 Å². The molecule has 0 atom stereocenters. The molecule has 9 heteroatoms. The smallest absolute Gasteiger partial charge is 0.338 e. The number of benzene rings is 2. The van der Waals surface area contributed by atoms with Gasteiger partial charge in [-0.05, 0) is 37.3 Å². The maximum Gasteiger partial charge on any atom is 0.338 e. The molecule has 0 fully saturated rings. The summed E-state index contributed by atoms with van der Waals surface area (Å²) in [6.07, 6.45) is 0. The van der Waals surface area contributed by atoms with E-state index in [9.17, 15) is 9.59 Å². The van der Waals surface area contributed by atoms with Gasteiger partial charge in [0.15, 0.2) is 18.1 Å². The Morgan fingerprint density at radius 1 is 1.15 bits per heavy atom. The van der Waals surface area contributed by atoms with E-state index in [0.29, 0.717) is 34.8 Å². The first kappa shape index (κ1) is 18.6. The summed E-state index contributed by atoms with van der Waals surface area (Å²) in [4.78, 5) is 24.3. The Kier molecular flexibility index (Phi) is 5.82. The van der Waals surface area contributed by atoms with Crippen molar-refractivity contribution in [3.8, 4) is 11.5 Å². The summed E-state index contributed by atoms with van der Waals surface area (Å²) in [6, 6.07) is 9.94. The van der Waals surface area contributed by atoms with Gasteiger partial charge < -0.3 is 19.5 Å². The van der Waals surface area contributed by atoms with E-state index in [1.165, 1.54) is 13.2 Å². The lowest BCUT2D eigenvalue weighted by atomic mass is 10.2. The van der Waals surface area contributed by atoms with E-state index in [2.05, 4.69) is 14.1 Å². The zero-order chi connectivity index (χ0) is 19.2. The van der Waals surface area contributed by atoms with Gasteiger partial charge >= 0.3 is 5.97 Å². The largest absolute Gasteiger partial charge is 0.493 e. The third-order valence-corrected chi connectivity index (χ3v) is 4.14. The van der Waals surface area contributed by atoms with Crippen LogP contribution in [-0.4, -0.2) is 40.9 Å². The molecule has 0 aliphatic rings. The maximum absolute atomic E-state index is 12.2. The van der Waals surface area contributed by atoms with Crippen LogP contribution >= 0.6 is 11.7 Å². The van der Waals surface area contributed by atoms with Crippen molar-refractivity contribution in [2.24, 2.45) is 0 Å². The van der Waals surface area contributed by atoms with Crippen LogP contribution in [-0.2, 0) is 9.53 Å². The maximum atomic E-state index is 12.2. The van der Waals surface area contributed by atoms with Crippen molar-refractivity contribution in [1.29, 1.82) is 0 Å². The standard InChI is InChI=1S/C18H17N3O5S/c1-3-25-15-9-11(7-8-14(15)24-2)18(23)26-10-16(22)19-12-5-4-6-13-17(12)21-27-20-13/h4-9H,3,10H2,1-2H3,(H,19,22). The molecule has 140 valence electrons. The summed E-state index contributed by atoms with van der Waals surface area (Å²) in [7, 11) is 1.51. The number of carbonyl (C=O) groups is 2. The van der Waals surface area contributed by atoms with Crippen molar-refractivity contribution in [1.82, 2.24) is 8.75 Å². The molecule has 0 aliphatic heterocycles. The number of fused-ring (bicyclic) bond motifs is 1. The minimum Gasteiger partial charge on any atom is -0.493 e. The second-order valence-electron chi connectivity index (χ2n) is 5.36. The Balaban J connectivity index is 1.62. The highest BCUT2D eigenvalue weighted by molar-refractivity contribution is 7.00. The first-order valence-electron chi connectivity index (χ1n) is 8.11. The monoisotopic (exact) mass is 387 g/mol. The fourth-order valence-electron chi connectivity index (χ4n) is 2.38. The van der Waals surface area contributed by atoms with Crippen LogP contribution in [0.25, 0.3) is 11.0 Å². The lowest BCUT2D eigenvalue weighted by Crippen LogP contribution is -2.21. The van der Waals surface area contributed by atoms with Crippen LogP contribution in [0.1, 0.15) is 17.3 Å². The highest BCUT2D eigenvalue weighted by atomic mass is 32.1. The summed E-state index contributed by atoms with van der Waals surface area (Å²) >= 11 is 1.06. The molecule has 27 heavy (non-hydrogen) atoms. The van der Waals surface area contributed by atoms with Crippen molar-refractivity contribution in [2.45, 2.75) is 6.92 Å². The van der Waals surface area contributed by atoms with Crippen LogP contribution in [0, 0.1) is 0 Å². The van der Waals surface area contributed by atoms with Crippen LogP contribution in [0.4, 0.5) is 5.69 Å². The normalized spacial score (nSPS) is 10.4. The second kappa shape index (κ2) is 8.45. The number of rotatable bonds is 7. The predicted molar refractivity (Wildman–Crippen MR) is 100 cm³/mol. The summed E-state index contributed by atoms with van der Waals surface area (Å²) in [6.45, 7) is 1.82. The number of nitrogens with zero attached hydrogens (tertiary/aromatic N) is 2. The van der Waals surface area contributed by atoms with Gasteiger partial charge in [0.25, 0.3) is 5.91 Å². The van der Waals surface area contributed by atoms with E-state index in [1.807, 2.05) is 6.92 Å². The van der Waals surface area contributed by atoms with Crippen molar-refractivity contribution >= 4 is 40.3 Å². The number of amides is 1. The van der Waals surface area contributed by atoms with Gasteiger partial charge in [0.2, 0.25) is 0 Å². The van der Waals surface area contributed by atoms with Gasteiger partial charge in [0.05, 0.1) is 36.7 Å². The van der Waals surface area contributed by atoms with E-state index in [0.717, 1.165) is 11.7 Å². The Hall–Kier alpha value is -3.20. The van der Waals surface area contributed by atoms with Crippen LogP contribution in [0.2, 0.25) is 0 Å². The third-order valence-electron chi connectivity index (χ3n) is 3.59. The number of anilines is 1. The predicted octanol–water partition coefficient (Wildman–Crippen LogP) is 2.89. The van der Waals surface area contributed by atoms with E-state index >= 15 is 0 Å². The van der Waals surface area contributed by atoms with Crippen LogP contribution in [0.3, 0.4) is 0 Å². The molecule has 0 aliphatic carbocycles. The number of ether oxygens (including phenoxy) is 3. The molecule has 0 radical (unpaired) electrons. The molecule has 0 saturated carbocycles. The fraction of sp³-hybridized carbons (Fsp3) is 0.222. The molecular weight excluding hydrogens is 370 g/mol. The number of aromatic nitrogens is 2. The molecule has 1 aromatic heterocycles. The van der Waals surface area contributed by atoms with Crippen LogP contribution in [0.5, 0.6) is 11.5 Å². The average molecular weight is 387 g/mol. The number of methoxy groups -OCH3 is 1. The van der Waals surface area contributed by atoms with Gasteiger partial charge in [0.1, 0.15) is 11.0 Å². The van der Waals surface area contributed by atoms with Crippen LogP contribution < -0.4 is 14.8 Å². The molecule has 2 aromatic carbocycles. The minimum absolute atomic E-state index is 0.262. The summed E-state index contributed by atoms with van der Waals surface area (Å²) in [5.41, 5.74) is 2.07. The van der Waals surface area contributed by atoms with Gasteiger partial charge in [-0.2, -0.15) is 8.75 Å². The average Bonchev–Trinajstić information content (AvgIpc) is 3.16. The Morgan fingerprint density at radius 2 is 2.00 bits per heavy atom. The molecular formula is C18H17N3O5S. The molecule has 0 unspecified atom stereocenters. The zero-order valence-corrected chi connectivity index (χ0v) is 15.5. The van der Waals surface area contributed by atoms with Crippen LogP contribution in [0.15, 0.2) is 36.4 Å². The van der Waals surface area contributed by atoms with Gasteiger partial charge in [0, 0.05) is 0 Å². The SMILES string of the molecule is CCOc1cc(C(=O)OCC(=O)Nc2cccc3nsnc23)ccc1OC. The molecule has 0 spiro atoms. The lowest BCUT2D eigenvalue weighted by molar-refractivity contribution is -0.119. The summed E-state index contributed by atoms with van der Waals surface area (Å²) in [5.74, 6) is -0.164. The van der Waals surface area contributed by atoms with E-state index in [4.69, 9.17) is 14.2 Å². The first-order valence-corrected chi connectivity index (χ1v) is 8.84. The number of carbonyl (C=O) groups excluding carboxylic acids is 2. The molecule has 0 bridgehead atoms. The molecule has 3 rings (SSSR count). The third kappa shape index (κ3) is 4.32. The van der Waals surface area contributed by atoms with E-state index < -0.39 is 18.5 Å². The molecule has 1 amide bonds. The highest BCUT2D eigenvalue weighted by Gasteiger charge is 2.15. The van der Waals surface area contributed by atoms with E-state index in [1.54, 1.807) is 30.3 Å². The van der Waals surface area contributed by atoms with Gasteiger partial charge in [-0.1, -0.05) is 6.07 Å². The lowest BCUT2D eigenvalue weighted by Gasteiger charge is -2.11. The second-order valence-corrected chi connectivity index (χ2v) is 5.89. The van der Waals surface area contributed by atoms with Crippen molar-refractivity contribution in [3.05, 3.63) is 42.0 Å². The van der Waals surface area contributed by atoms with Crippen molar-refractivity contribution < 1.29 is 23.8 Å². The number of esters is 1. The Labute approximate surface area is 159 Å². The van der Waals surface area contributed by atoms with Gasteiger partial charge in [-0.25, -0.2) is 4.79 Å². The van der Waals surface area contributed by atoms with Crippen molar-refractivity contribution in [3.63, 3.8) is 0 Å². The fourth-order valence-corrected chi connectivity index (χ4v) is 2.93. The minimum atomic E-state index is -0.637. The van der Waals surface area contributed by atoms with Gasteiger partial charge in [-0.3, -0.25) is 4.79 Å². The quantitative estimate of drug-likeness (QED) is 0.622.